The van der Waals surface area contributed by atoms with Gasteiger partial charge in [-0.05, 0) is 31.3 Å². The molecule has 0 saturated carbocycles. The Kier molecular flexibility index (Phi) is 4.25. The molecule has 130 valence electrons. The van der Waals surface area contributed by atoms with E-state index in [1.54, 1.807) is 6.07 Å². The summed E-state index contributed by atoms with van der Waals surface area (Å²) in [6, 6.07) is 14.9. The van der Waals surface area contributed by atoms with E-state index in [1.165, 1.54) is 6.07 Å². The van der Waals surface area contributed by atoms with E-state index in [4.69, 9.17) is 0 Å². The highest BCUT2D eigenvalue weighted by atomic mass is 19.1. The van der Waals surface area contributed by atoms with Crippen LogP contribution in [0, 0.1) is 5.82 Å². The second-order valence-electron chi connectivity index (χ2n) is 6.51. The number of imidazole rings is 1. The zero-order valence-corrected chi connectivity index (χ0v) is 14.1. The van der Waals surface area contributed by atoms with E-state index in [9.17, 15) is 9.50 Å². The molecule has 1 saturated heterocycles. The molecule has 3 aromatic rings. The first-order chi connectivity index (χ1) is 12.1. The molecular formula is C19H21FN4O. The van der Waals surface area contributed by atoms with Gasteiger partial charge < -0.3 is 10.4 Å². The maximum absolute atomic E-state index is 14.3. The summed E-state index contributed by atoms with van der Waals surface area (Å²) in [5.74, 6) is 0.437. The van der Waals surface area contributed by atoms with E-state index in [1.807, 2.05) is 48.0 Å². The molecule has 0 spiro atoms. The number of hydrogen-bond donors (Lipinski definition) is 2. The van der Waals surface area contributed by atoms with Crippen LogP contribution in [0.2, 0.25) is 0 Å². The number of rotatable bonds is 4. The summed E-state index contributed by atoms with van der Waals surface area (Å²) in [5.41, 5.74) is 2.07. The Labute approximate surface area is 145 Å². The molecule has 25 heavy (non-hydrogen) atoms. The number of nitrogens with one attached hydrogen (secondary N) is 1. The highest BCUT2D eigenvalue weighted by Crippen LogP contribution is 2.25. The molecule has 2 atom stereocenters. The topological polar surface area (TPSA) is 53.3 Å². The Balaban J connectivity index is 1.79. The van der Waals surface area contributed by atoms with Gasteiger partial charge in [-0.15, -0.1) is 0 Å². The third kappa shape index (κ3) is 2.93. The molecule has 1 aliphatic heterocycles. The van der Waals surface area contributed by atoms with Crippen LogP contribution in [0.3, 0.4) is 0 Å². The smallest absolute Gasteiger partial charge is 0.151 e. The van der Waals surface area contributed by atoms with Crippen LogP contribution < -0.4 is 5.32 Å². The summed E-state index contributed by atoms with van der Waals surface area (Å²) in [6.07, 6.45) is -0.406. The third-order valence-corrected chi connectivity index (χ3v) is 4.83. The van der Waals surface area contributed by atoms with Crippen LogP contribution >= 0.6 is 0 Å². The molecule has 0 amide bonds. The quantitative estimate of drug-likeness (QED) is 0.762. The van der Waals surface area contributed by atoms with Gasteiger partial charge in [0.15, 0.2) is 5.82 Å². The Hall–Kier alpha value is -2.28. The molecule has 2 N–H and O–H groups in total. The van der Waals surface area contributed by atoms with Crippen molar-refractivity contribution in [1.82, 2.24) is 19.8 Å². The number of aromatic nitrogens is 2. The fraction of sp³-hybridized carbons (Fsp3) is 0.316. The van der Waals surface area contributed by atoms with Crippen molar-refractivity contribution in [3.8, 4) is 5.69 Å². The number of aliphatic hydroxyl groups excluding tert-OH is 1. The summed E-state index contributed by atoms with van der Waals surface area (Å²) in [7, 11) is 1.96. The molecule has 2 heterocycles. The van der Waals surface area contributed by atoms with Crippen molar-refractivity contribution in [2.45, 2.75) is 18.7 Å². The molecule has 0 bridgehead atoms. The SMILES string of the molecule is CN(Cc1nc2c(F)cccc2n1-c1ccccc1)[C@@H]1CNC[C@H]1O. The number of hydrogen-bond acceptors (Lipinski definition) is 4. The van der Waals surface area contributed by atoms with Gasteiger partial charge in [0.1, 0.15) is 11.3 Å². The lowest BCUT2D eigenvalue weighted by atomic mass is 10.2. The van der Waals surface area contributed by atoms with E-state index in [-0.39, 0.29) is 11.9 Å². The number of aliphatic hydroxyl groups is 1. The first-order valence-corrected chi connectivity index (χ1v) is 8.45. The molecule has 0 radical (unpaired) electrons. The van der Waals surface area contributed by atoms with Gasteiger partial charge in [-0.25, -0.2) is 9.37 Å². The van der Waals surface area contributed by atoms with Crippen molar-refractivity contribution in [1.29, 1.82) is 0 Å². The number of nitrogens with zero attached hydrogens (tertiary/aromatic N) is 3. The molecule has 2 aromatic carbocycles. The summed E-state index contributed by atoms with van der Waals surface area (Å²) < 4.78 is 16.2. The van der Waals surface area contributed by atoms with Gasteiger partial charge in [0.25, 0.3) is 0 Å². The monoisotopic (exact) mass is 340 g/mol. The average molecular weight is 340 g/mol. The first kappa shape index (κ1) is 16.2. The number of para-hydroxylation sites is 2. The number of likely N-dealkylation sites (N-methyl/N-ethyl adjacent to an activating group) is 1. The van der Waals surface area contributed by atoms with Crippen LogP contribution in [0.4, 0.5) is 4.39 Å². The standard InChI is InChI=1S/C19H21FN4O/c1-23(16-10-21-11-17(16)25)12-18-22-19-14(20)8-5-9-15(19)24(18)13-6-3-2-4-7-13/h2-9,16-17,21,25H,10-12H2,1H3/t16-,17-/m1/s1. The number of β-amino-alcohol motifs (C(OH)–C–C–N with tert-alkyl or cyclic N) is 1. The number of halogens is 1. The van der Waals surface area contributed by atoms with Gasteiger partial charge in [-0.2, -0.15) is 0 Å². The molecule has 1 aromatic heterocycles. The number of fused-ring (bicyclic) bond motifs is 1. The molecule has 4 rings (SSSR count). The minimum Gasteiger partial charge on any atom is -0.390 e. The molecule has 1 fully saturated rings. The molecule has 0 unspecified atom stereocenters. The van der Waals surface area contributed by atoms with Gasteiger partial charge in [0.2, 0.25) is 0 Å². The van der Waals surface area contributed by atoms with Crippen LogP contribution in [0.1, 0.15) is 5.82 Å². The maximum atomic E-state index is 14.3. The average Bonchev–Trinajstić information content (AvgIpc) is 3.20. The van der Waals surface area contributed by atoms with E-state index >= 15 is 0 Å². The fourth-order valence-electron chi connectivity index (χ4n) is 3.53. The minimum atomic E-state index is -0.406. The lowest BCUT2D eigenvalue weighted by Gasteiger charge is -2.26. The first-order valence-electron chi connectivity index (χ1n) is 8.45. The molecular weight excluding hydrogens is 319 g/mol. The zero-order chi connectivity index (χ0) is 17.4. The molecule has 1 aliphatic rings. The van der Waals surface area contributed by atoms with Gasteiger partial charge in [0.05, 0.1) is 18.2 Å². The predicted molar refractivity (Wildman–Crippen MR) is 95.2 cm³/mol. The molecule has 6 heteroatoms. The van der Waals surface area contributed by atoms with Crippen molar-refractivity contribution in [3.63, 3.8) is 0 Å². The van der Waals surface area contributed by atoms with Crippen molar-refractivity contribution < 1.29 is 9.50 Å². The van der Waals surface area contributed by atoms with Crippen LogP contribution in [-0.4, -0.2) is 51.8 Å². The summed E-state index contributed by atoms with van der Waals surface area (Å²) in [4.78, 5) is 6.64. The highest BCUT2D eigenvalue weighted by molar-refractivity contribution is 5.78. The minimum absolute atomic E-state index is 0.0221. The fourth-order valence-corrected chi connectivity index (χ4v) is 3.53. The second-order valence-corrected chi connectivity index (χ2v) is 6.51. The normalized spacial score (nSPS) is 20.6. The Bertz CT molecular complexity index is 880. The summed E-state index contributed by atoms with van der Waals surface area (Å²) >= 11 is 0. The Morgan fingerprint density at radius 3 is 2.72 bits per heavy atom. The zero-order valence-electron chi connectivity index (χ0n) is 14.1. The Morgan fingerprint density at radius 2 is 2.00 bits per heavy atom. The maximum Gasteiger partial charge on any atom is 0.151 e. The van der Waals surface area contributed by atoms with Crippen molar-refractivity contribution in [3.05, 3.63) is 60.2 Å². The summed E-state index contributed by atoms with van der Waals surface area (Å²) in [6.45, 7) is 1.85. The van der Waals surface area contributed by atoms with E-state index in [2.05, 4.69) is 15.2 Å². The van der Waals surface area contributed by atoms with Crippen molar-refractivity contribution in [2.75, 3.05) is 20.1 Å². The van der Waals surface area contributed by atoms with Crippen LogP contribution in [0.25, 0.3) is 16.7 Å². The van der Waals surface area contributed by atoms with Gasteiger partial charge >= 0.3 is 0 Å². The largest absolute Gasteiger partial charge is 0.390 e. The van der Waals surface area contributed by atoms with E-state index in [0.717, 1.165) is 23.6 Å². The second kappa shape index (κ2) is 6.55. The third-order valence-electron chi connectivity index (χ3n) is 4.83. The van der Waals surface area contributed by atoms with E-state index in [0.29, 0.717) is 18.6 Å². The van der Waals surface area contributed by atoms with Gasteiger partial charge in [0, 0.05) is 24.8 Å². The predicted octanol–water partition coefficient (Wildman–Crippen LogP) is 1.93. The summed E-state index contributed by atoms with van der Waals surface area (Å²) in [5, 5.41) is 13.3. The Morgan fingerprint density at radius 1 is 1.20 bits per heavy atom. The van der Waals surface area contributed by atoms with Crippen LogP contribution in [0.15, 0.2) is 48.5 Å². The van der Waals surface area contributed by atoms with Crippen molar-refractivity contribution >= 4 is 11.0 Å². The lowest BCUT2D eigenvalue weighted by molar-refractivity contribution is 0.0939. The van der Waals surface area contributed by atoms with Crippen LogP contribution in [-0.2, 0) is 6.54 Å². The van der Waals surface area contributed by atoms with Crippen LogP contribution in [0.5, 0.6) is 0 Å². The number of benzene rings is 2. The molecule has 0 aliphatic carbocycles. The highest BCUT2D eigenvalue weighted by Gasteiger charge is 2.29. The molecule has 5 nitrogen and oxygen atoms in total. The lowest BCUT2D eigenvalue weighted by Crippen LogP contribution is -2.40. The van der Waals surface area contributed by atoms with Crippen molar-refractivity contribution in [2.24, 2.45) is 0 Å². The van der Waals surface area contributed by atoms with E-state index < -0.39 is 6.10 Å². The van der Waals surface area contributed by atoms with Gasteiger partial charge in [-0.1, -0.05) is 24.3 Å². The van der Waals surface area contributed by atoms with Gasteiger partial charge in [-0.3, -0.25) is 9.47 Å².